The van der Waals surface area contributed by atoms with Crippen molar-refractivity contribution in [2.75, 3.05) is 25.0 Å². The summed E-state index contributed by atoms with van der Waals surface area (Å²) in [6.07, 6.45) is 2.36. The zero-order valence-corrected chi connectivity index (χ0v) is 13.9. The third-order valence-corrected chi connectivity index (χ3v) is 5.69. The molecule has 114 valence electrons. The van der Waals surface area contributed by atoms with Crippen LogP contribution in [0.2, 0.25) is 0 Å². The molecule has 1 saturated carbocycles. The summed E-state index contributed by atoms with van der Waals surface area (Å²) in [6, 6.07) is 6.20. The summed E-state index contributed by atoms with van der Waals surface area (Å²) in [5, 5.41) is 2.98. The first-order chi connectivity index (χ1) is 10.0. The van der Waals surface area contributed by atoms with E-state index in [1.165, 1.54) is 6.42 Å². The Morgan fingerprint density at radius 2 is 2.24 bits per heavy atom. The maximum Gasteiger partial charge on any atom is 0.238 e. The Balaban J connectivity index is 1.54. The predicted molar refractivity (Wildman–Crippen MR) is 88.1 cm³/mol. The molecular formula is C16H22BrN3O. The van der Waals surface area contributed by atoms with Crippen molar-refractivity contribution in [1.29, 1.82) is 0 Å². The molecule has 3 atom stereocenters. The van der Waals surface area contributed by atoms with Crippen LogP contribution in [-0.2, 0) is 4.79 Å². The van der Waals surface area contributed by atoms with Crippen LogP contribution < -0.4 is 11.1 Å². The third-order valence-electron chi connectivity index (χ3n) is 4.80. The van der Waals surface area contributed by atoms with Gasteiger partial charge in [0.2, 0.25) is 5.91 Å². The Morgan fingerprint density at radius 1 is 1.43 bits per heavy atom. The van der Waals surface area contributed by atoms with Crippen molar-refractivity contribution in [3.05, 3.63) is 28.2 Å². The van der Waals surface area contributed by atoms with Gasteiger partial charge in [0, 0.05) is 29.3 Å². The van der Waals surface area contributed by atoms with Gasteiger partial charge in [-0.05, 0) is 55.4 Å². The number of likely N-dealkylation sites (tertiary alicyclic amines) is 1. The van der Waals surface area contributed by atoms with Crippen LogP contribution in [0.5, 0.6) is 0 Å². The maximum atomic E-state index is 12.2. The van der Waals surface area contributed by atoms with Gasteiger partial charge in [0.25, 0.3) is 0 Å². The molecule has 0 radical (unpaired) electrons. The number of nitrogens with one attached hydrogen (secondary N) is 1. The van der Waals surface area contributed by atoms with Gasteiger partial charge in [-0.15, -0.1) is 0 Å². The molecule has 1 aliphatic heterocycles. The molecule has 3 unspecified atom stereocenters. The first kappa shape index (κ1) is 15.0. The number of amides is 1. The van der Waals surface area contributed by atoms with Gasteiger partial charge in [0.1, 0.15) is 0 Å². The summed E-state index contributed by atoms with van der Waals surface area (Å²) >= 11 is 3.47. The first-order valence-electron chi connectivity index (χ1n) is 7.57. The van der Waals surface area contributed by atoms with Gasteiger partial charge < -0.3 is 11.1 Å². The van der Waals surface area contributed by atoms with E-state index in [-0.39, 0.29) is 5.91 Å². The Bertz CT molecular complexity index is 548. The number of aryl methyl sites for hydroxylation is 1. The van der Waals surface area contributed by atoms with E-state index >= 15 is 0 Å². The van der Waals surface area contributed by atoms with Gasteiger partial charge >= 0.3 is 0 Å². The van der Waals surface area contributed by atoms with Crippen molar-refractivity contribution in [3.8, 4) is 0 Å². The van der Waals surface area contributed by atoms with Crippen molar-refractivity contribution < 1.29 is 4.79 Å². The fourth-order valence-corrected chi connectivity index (χ4v) is 3.90. The van der Waals surface area contributed by atoms with Crippen LogP contribution in [0.4, 0.5) is 5.69 Å². The van der Waals surface area contributed by atoms with Crippen LogP contribution in [-0.4, -0.2) is 36.5 Å². The highest BCUT2D eigenvalue weighted by Crippen LogP contribution is 2.36. The van der Waals surface area contributed by atoms with Gasteiger partial charge in [0.15, 0.2) is 0 Å². The second-order valence-corrected chi connectivity index (χ2v) is 7.23. The number of carbonyl (C=O) groups excluding carboxylic acids is 1. The van der Waals surface area contributed by atoms with Crippen molar-refractivity contribution in [1.82, 2.24) is 4.90 Å². The third kappa shape index (κ3) is 3.30. The highest BCUT2D eigenvalue weighted by molar-refractivity contribution is 9.10. The fraction of sp³-hybridized carbons (Fsp3) is 0.562. The van der Waals surface area contributed by atoms with Crippen molar-refractivity contribution in [2.24, 2.45) is 17.6 Å². The quantitative estimate of drug-likeness (QED) is 0.878. The SMILES string of the molecule is Cc1cc(NC(=O)CN2CC3CCC(N)C3C2)ccc1Br. The highest BCUT2D eigenvalue weighted by Gasteiger charge is 2.41. The topological polar surface area (TPSA) is 58.4 Å². The number of carbonyl (C=O) groups is 1. The summed E-state index contributed by atoms with van der Waals surface area (Å²) in [4.78, 5) is 14.4. The minimum absolute atomic E-state index is 0.0604. The molecule has 21 heavy (non-hydrogen) atoms. The van der Waals surface area contributed by atoms with E-state index in [4.69, 9.17) is 5.73 Å². The van der Waals surface area contributed by atoms with E-state index < -0.39 is 0 Å². The van der Waals surface area contributed by atoms with E-state index in [2.05, 4.69) is 26.1 Å². The average molecular weight is 352 g/mol. The summed E-state index contributed by atoms with van der Waals surface area (Å²) in [6.45, 7) is 4.47. The second kappa shape index (κ2) is 6.07. The summed E-state index contributed by atoms with van der Waals surface area (Å²) in [5.74, 6) is 1.35. The van der Waals surface area contributed by atoms with E-state index in [0.29, 0.717) is 24.4 Å². The number of anilines is 1. The number of hydrogen-bond donors (Lipinski definition) is 2. The maximum absolute atomic E-state index is 12.2. The lowest BCUT2D eigenvalue weighted by atomic mass is 9.98. The van der Waals surface area contributed by atoms with Gasteiger partial charge in [-0.25, -0.2) is 0 Å². The van der Waals surface area contributed by atoms with E-state index in [9.17, 15) is 4.79 Å². The van der Waals surface area contributed by atoms with Gasteiger partial charge in [-0.1, -0.05) is 15.9 Å². The molecule has 1 heterocycles. The molecule has 2 aliphatic rings. The lowest BCUT2D eigenvalue weighted by Crippen LogP contribution is -2.34. The Hall–Kier alpha value is -0.910. The lowest BCUT2D eigenvalue weighted by molar-refractivity contribution is -0.117. The normalized spacial score (nSPS) is 28.6. The zero-order valence-electron chi connectivity index (χ0n) is 12.3. The van der Waals surface area contributed by atoms with Gasteiger partial charge in [-0.2, -0.15) is 0 Å². The number of nitrogens with zero attached hydrogens (tertiary/aromatic N) is 1. The number of fused-ring (bicyclic) bond motifs is 1. The molecule has 0 bridgehead atoms. The van der Waals surface area contributed by atoms with Crippen LogP contribution in [0.3, 0.4) is 0 Å². The van der Waals surface area contributed by atoms with Gasteiger partial charge in [-0.3, -0.25) is 9.69 Å². The molecule has 2 fully saturated rings. The smallest absolute Gasteiger partial charge is 0.238 e. The van der Waals surface area contributed by atoms with Crippen LogP contribution in [0.15, 0.2) is 22.7 Å². The molecule has 1 aromatic carbocycles. The van der Waals surface area contributed by atoms with E-state index in [1.54, 1.807) is 0 Å². The molecule has 1 aromatic rings. The largest absolute Gasteiger partial charge is 0.327 e. The molecule has 3 N–H and O–H groups in total. The van der Waals surface area contributed by atoms with Crippen molar-refractivity contribution >= 4 is 27.5 Å². The van der Waals surface area contributed by atoms with Crippen LogP contribution >= 0.6 is 15.9 Å². The first-order valence-corrected chi connectivity index (χ1v) is 8.36. The molecular weight excluding hydrogens is 330 g/mol. The van der Waals surface area contributed by atoms with E-state index in [1.807, 2.05) is 25.1 Å². The molecule has 1 aliphatic carbocycles. The zero-order chi connectivity index (χ0) is 15.0. The molecule has 1 amide bonds. The highest BCUT2D eigenvalue weighted by atomic mass is 79.9. The van der Waals surface area contributed by atoms with Crippen LogP contribution in [0, 0.1) is 18.8 Å². The molecule has 3 rings (SSSR count). The Labute approximate surface area is 134 Å². The van der Waals surface area contributed by atoms with Crippen LogP contribution in [0.25, 0.3) is 0 Å². The van der Waals surface area contributed by atoms with Crippen molar-refractivity contribution in [3.63, 3.8) is 0 Å². The number of hydrogen-bond acceptors (Lipinski definition) is 3. The Kier molecular flexibility index (Phi) is 4.33. The minimum atomic E-state index is 0.0604. The molecule has 0 spiro atoms. The lowest BCUT2D eigenvalue weighted by Gasteiger charge is -2.18. The summed E-state index contributed by atoms with van der Waals surface area (Å²) in [5.41, 5.74) is 8.11. The monoisotopic (exact) mass is 351 g/mol. The molecule has 5 heteroatoms. The number of rotatable bonds is 3. The number of benzene rings is 1. The number of nitrogens with two attached hydrogens (primary N) is 1. The number of halogens is 1. The van der Waals surface area contributed by atoms with Crippen molar-refractivity contribution in [2.45, 2.75) is 25.8 Å². The molecule has 1 saturated heterocycles. The molecule has 0 aromatic heterocycles. The summed E-state index contributed by atoms with van der Waals surface area (Å²) in [7, 11) is 0. The standard InChI is InChI=1S/C16H22BrN3O/c1-10-6-12(3-4-14(10)17)19-16(21)9-20-7-11-2-5-15(18)13(11)8-20/h3-4,6,11,13,15H,2,5,7-9,18H2,1H3,(H,19,21). The van der Waals surface area contributed by atoms with Crippen LogP contribution in [0.1, 0.15) is 18.4 Å². The molecule has 4 nitrogen and oxygen atoms in total. The predicted octanol–water partition coefficient (Wildman–Crippen LogP) is 2.37. The minimum Gasteiger partial charge on any atom is -0.327 e. The summed E-state index contributed by atoms with van der Waals surface area (Å²) < 4.78 is 1.06. The Morgan fingerprint density at radius 3 is 2.95 bits per heavy atom. The van der Waals surface area contributed by atoms with E-state index in [0.717, 1.165) is 35.2 Å². The average Bonchev–Trinajstić information content (AvgIpc) is 2.96. The van der Waals surface area contributed by atoms with Gasteiger partial charge in [0.05, 0.1) is 6.54 Å². The second-order valence-electron chi connectivity index (χ2n) is 6.37. The fourth-order valence-electron chi connectivity index (χ4n) is 3.65.